The van der Waals surface area contributed by atoms with Crippen molar-refractivity contribution in [3.05, 3.63) is 0 Å². The number of nitrogens with zero attached hydrogens (tertiary/aromatic N) is 1. The lowest BCUT2D eigenvalue weighted by molar-refractivity contribution is -0.187. The molecule has 0 aromatic carbocycles. The fraction of sp³-hybridized carbons (Fsp3) is 0.889. The van der Waals surface area contributed by atoms with E-state index < -0.39 is 12.1 Å². The van der Waals surface area contributed by atoms with Crippen LogP contribution in [0.3, 0.4) is 0 Å². The average Bonchev–Trinajstić information content (AvgIpc) is 2.07. The third-order valence-corrected chi connectivity index (χ3v) is 2.86. The van der Waals surface area contributed by atoms with Gasteiger partial charge in [0, 0.05) is 13.1 Å². The maximum Gasteiger partial charge on any atom is 0.471 e. The smallest absolute Gasteiger partial charge is 0.335 e. The Balaban J connectivity index is 2.59. The molecule has 14 heavy (non-hydrogen) atoms. The summed E-state index contributed by atoms with van der Waals surface area (Å²) in [6.45, 7) is 4.32. The molecule has 0 N–H and O–H groups in total. The number of likely N-dealkylation sites (tertiary alicyclic amines) is 1. The fourth-order valence-electron chi connectivity index (χ4n) is 1.63. The lowest BCUT2D eigenvalue weighted by Crippen LogP contribution is -2.47. The Morgan fingerprint density at radius 1 is 1.29 bits per heavy atom. The molecule has 0 aromatic heterocycles. The molecule has 1 fully saturated rings. The third-order valence-electron chi connectivity index (χ3n) is 2.86. The Bertz CT molecular complexity index is 227. The van der Waals surface area contributed by atoms with E-state index in [-0.39, 0.29) is 19.0 Å². The van der Waals surface area contributed by atoms with Gasteiger partial charge in [0.15, 0.2) is 0 Å². The van der Waals surface area contributed by atoms with Gasteiger partial charge in [0.25, 0.3) is 0 Å². The molecule has 1 amide bonds. The quantitative estimate of drug-likeness (QED) is 0.598. The molecule has 0 spiro atoms. The monoisotopic (exact) mass is 209 g/mol. The largest absolute Gasteiger partial charge is 0.471 e. The van der Waals surface area contributed by atoms with Crippen LogP contribution in [0.1, 0.15) is 20.3 Å². The van der Waals surface area contributed by atoms with E-state index >= 15 is 0 Å². The van der Waals surface area contributed by atoms with E-state index in [1.54, 1.807) is 0 Å². The van der Waals surface area contributed by atoms with E-state index in [2.05, 4.69) is 0 Å². The first kappa shape index (κ1) is 11.3. The van der Waals surface area contributed by atoms with Gasteiger partial charge in [-0.1, -0.05) is 13.8 Å². The predicted molar refractivity (Wildman–Crippen MR) is 45.6 cm³/mol. The molecule has 0 radical (unpaired) electrons. The van der Waals surface area contributed by atoms with E-state index in [1.807, 2.05) is 13.8 Å². The van der Waals surface area contributed by atoms with Crippen LogP contribution in [-0.4, -0.2) is 30.1 Å². The van der Waals surface area contributed by atoms with Gasteiger partial charge in [-0.25, -0.2) is 0 Å². The van der Waals surface area contributed by atoms with E-state index in [1.165, 1.54) is 0 Å². The molecule has 82 valence electrons. The van der Waals surface area contributed by atoms with Crippen molar-refractivity contribution >= 4 is 5.91 Å². The number of hydrogen-bond donors (Lipinski definition) is 0. The number of carbonyl (C=O) groups is 1. The summed E-state index contributed by atoms with van der Waals surface area (Å²) in [6, 6.07) is 0. The van der Waals surface area contributed by atoms with Gasteiger partial charge >= 0.3 is 12.1 Å². The highest BCUT2D eigenvalue weighted by Crippen LogP contribution is 2.26. The Morgan fingerprint density at radius 2 is 1.86 bits per heavy atom. The van der Waals surface area contributed by atoms with Crippen LogP contribution in [0.2, 0.25) is 0 Å². The molecule has 0 saturated carbocycles. The Kier molecular flexibility index (Phi) is 3.07. The third kappa shape index (κ3) is 2.39. The van der Waals surface area contributed by atoms with E-state index in [0.29, 0.717) is 12.3 Å². The topological polar surface area (TPSA) is 20.3 Å². The second-order valence-corrected chi connectivity index (χ2v) is 3.99. The van der Waals surface area contributed by atoms with Crippen LogP contribution in [-0.2, 0) is 4.79 Å². The molecule has 1 aliphatic heterocycles. The molecular formula is C9H14F3NO. The summed E-state index contributed by atoms with van der Waals surface area (Å²) in [5, 5.41) is 0. The summed E-state index contributed by atoms with van der Waals surface area (Å²) in [5.41, 5.74) is 0. The van der Waals surface area contributed by atoms with Crippen LogP contribution in [0.15, 0.2) is 0 Å². The maximum atomic E-state index is 12.1. The second-order valence-electron chi connectivity index (χ2n) is 3.99. The highest BCUT2D eigenvalue weighted by molar-refractivity contribution is 5.81. The molecule has 0 aliphatic carbocycles. The summed E-state index contributed by atoms with van der Waals surface area (Å²) in [5.74, 6) is -1.15. The summed E-state index contributed by atoms with van der Waals surface area (Å²) < 4.78 is 36.2. The molecule has 2 nitrogen and oxygen atoms in total. The first-order valence-electron chi connectivity index (χ1n) is 4.68. The van der Waals surface area contributed by atoms with Gasteiger partial charge in [0.05, 0.1) is 0 Å². The van der Waals surface area contributed by atoms with Gasteiger partial charge in [-0.05, 0) is 18.3 Å². The zero-order valence-corrected chi connectivity index (χ0v) is 8.27. The Morgan fingerprint density at radius 3 is 2.29 bits per heavy atom. The van der Waals surface area contributed by atoms with Crippen molar-refractivity contribution in [2.45, 2.75) is 26.4 Å². The number of alkyl halides is 3. The minimum atomic E-state index is -4.72. The second kappa shape index (κ2) is 3.79. The van der Waals surface area contributed by atoms with Crippen LogP contribution < -0.4 is 0 Å². The number of carbonyl (C=O) groups excluding carboxylic acids is 1. The average molecular weight is 209 g/mol. The summed E-state index contributed by atoms with van der Waals surface area (Å²) in [7, 11) is 0. The lowest BCUT2D eigenvalue weighted by Gasteiger charge is -2.35. The molecule has 1 aliphatic rings. The summed E-state index contributed by atoms with van der Waals surface area (Å²) in [4.78, 5) is 11.8. The van der Waals surface area contributed by atoms with Crippen LogP contribution in [0.5, 0.6) is 0 Å². The molecule has 2 unspecified atom stereocenters. The highest BCUT2D eigenvalue weighted by Gasteiger charge is 2.43. The first-order valence-corrected chi connectivity index (χ1v) is 4.68. The maximum absolute atomic E-state index is 12.1. The molecule has 1 rings (SSSR count). The van der Waals surface area contributed by atoms with Crippen molar-refractivity contribution in [2.75, 3.05) is 13.1 Å². The van der Waals surface area contributed by atoms with Gasteiger partial charge in [-0.2, -0.15) is 13.2 Å². The zero-order valence-electron chi connectivity index (χ0n) is 8.27. The van der Waals surface area contributed by atoms with E-state index in [4.69, 9.17) is 0 Å². The van der Waals surface area contributed by atoms with Crippen molar-refractivity contribution in [1.82, 2.24) is 4.90 Å². The number of halogens is 3. The summed E-state index contributed by atoms with van der Waals surface area (Å²) >= 11 is 0. The van der Waals surface area contributed by atoms with Crippen LogP contribution in [0, 0.1) is 11.8 Å². The van der Waals surface area contributed by atoms with Crippen molar-refractivity contribution in [2.24, 2.45) is 11.8 Å². The number of rotatable bonds is 0. The van der Waals surface area contributed by atoms with E-state index in [9.17, 15) is 18.0 Å². The highest BCUT2D eigenvalue weighted by atomic mass is 19.4. The predicted octanol–water partition coefficient (Wildman–Crippen LogP) is 2.05. The normalized spacial score (nSPS) is 29.1. The number of hydrogen-bond acceptors (Lipinski definition) is 1. The lowest BCUT2D eigenvalue weighted by atomic mass is 9.89. The van der Waals surface area contributed by atoms with Gasteiger partial charge in [-0.15, -0.1) is 0 Å². The molecule has 5 heteroatoms. The van der Waals surface area contributed by atoms with Crippen LogP contribution in [0.4, 0.5) is 13.2 Å². The standard InChI is InChI=1S/C9H14F3NO/c1-6-3-4-13(5-7(6)2)8(14)9(10,11)12/h6-7H,3-5H2,1-2H3. The Hall–Kier alpha value is -0.740. The molecule has 1 heterocycles. The van der Waals surface area contributed by atoms with Crippen molar-refractivity contribution in [3.8, 4) is 0 Å². The Labute approximate surface area is 81.1 Å². The van der Waals surface area contributed by atoms with Gasteiger partial charge in [-0.3, -0.25) is 4.79 Å². The number of amides is 1. The first-order chi connectivity index (χ1) is 6.32. The molecule has 0 bridgehead atoms. The minimum Gasteiger partial charge on any atom is -0.335 e. The SMILES string of the molecule is CC1CCN(C(=O)C(F)(F)F)CC1C. The van der Waals surface area contributed by atoms with Crippen LogP contribution >= 0.6 is 0 Å². The minimum absolute atomic E-state index is 0.148. The number of piperidine rings is 1. The van der Waals surface area contributed by atoms with Gasteiger partial charge in [0.2, 0.25) is 0 Å². The van der Waals surface area contributed by atoms with Crippen molar-refractivity contribution in [1.29, 1.82) is 0 Å². The molecule has 2 atom stereocenters. The molecule has 1 saturated heterocycles. The molecular weight excluding hydrogens is 195 g/mol. The fourth-order valence-corrected chi connectivity index (χ4v) is 1.63. The zero-order chi connectivity index (χ0) is 10.9. The van der Waals surface area contributed by atoms with E-state index in [0.717, 1.165) is 4.90 Å². The van der Waals surface area contributed by atoms with Gasteiger partial charge < -0.3 is 4.90 Å². The van der Waals surface area contributed by atoms with Crippen molar-refractivity contribution < 1.29 is 18.0 Å². The van der Waals surface area contributed by atoms with Gasteiger partial charge in [0.1, 0.15) is 0 Å². The van der Waals surface area contributed by atoms with Crippen molar-refractivity contribution in [3.63, 3.8) is 0 Å². The molecule has 0 aromatic rings. The van der Waals surface area contributed by atoms with Crippen LogP contribution in [0.25, 0.3) is 0 Å². The summed E-state index contributed by atoms with van der Waals surface area (Å²) in [6.07, 6.45) is -4.07.